The summed E-state index contributed by atoms with van der Waals surface area (Å²) in [7, 11) is 0. The Hall–Kier alpha value is -0.450. The largest absolute Gasteiger partial charge is 0.302 e. The van der Waals surface area contributed by atoms with Gasteiger partial charge in [-0.15, -0.1) is 11.3 Å². The summed E-state index contributed by atoms with van der Waals surface area (Å²) in [6.45, 7) is 9.84. The number of aryl methyl sites for hydroxylation is 1. The van der Waals surface area contributed by atoms with Crippen molar-refractivity contribution in [3.8, 4) is 0 Å². The van der Waals surface area contributed by atoms with Crippen LogP contribution >= 0.6 is 11.3 Å². The van der Waals surface area contributed by atoms with Gasteiger partial charge >= 0.3 is 0 Å². The van der Waals surface area contributed by atoms with Gasteiger partial charge in [0, 0.05) is 36.6 Å². The van der Waals surface area contributed by atoms with Crippen molar-refractivity contribution in [3.63, 3.8) is 0 Å². The number of thiazole rings is 1. The highest BCUT2D eigenvalue weighted by atomic mass is 32.1. The number of nitrogens with zero attached hydrogens (tertiary/aromatic N) is 3. The molecule has 0 aromatic carbocycles. The van der Waals surface area contributed by atoms with Gasteiger partial charge in [-0.25, -0.2) is 4.98 Å². The minimum atomic E-state index is 0.684. The van der Waals surface area contributed by atoms with Crippen molar-refractivity contribution in [1.29, 1.82) is 0 Å². The maximum atomic E-state index is 4.61. The molecule has 0 spiro atoms. The lowest BCUT2D eigenvalue weighted by Crippen LogP contribution is -2.41. The molecule has 3 heterocycles. The molecule has 1 atom stereocenters. The van der Waals surface area contributed by atoms with Crippen molar-refractivity contribution in [2.45, 2.75) is 44.9 Å². The predicted octanol–water partition coefficient (Wildman–Crippen LogP) is 3.12. The lowest BCUT2D eigenvalue weighted by Gasteiger charge is -2.34. The van der Waals surface area contributed by atoms with E-state index in [1.807, 2.05) is 17.5 Å². The molecule has 112 valence electrons. The highest BCUT2D eigenvalue weighted by Crippen LogP contribution is 2.29. The normalized spacial score (nSPS) is 25.9. The summed E-state index contributed by atoms with van der Waals surface area (Å²) in [6.07, 6.45) is 8.94. The van der Waals surface area contributed by atoms with Crippen LogP contribution in [-0.2, 0) is 0 Å². The van der Waals surface area contributed by atoms with Gasteiger partial charge in [-0.1, -0.05) is 6.42 Å². The minimum absolute atomic E-state index is 0.684. The highest BCUT2D eigenvalue weighted by molar-refractivity contribution is 7.11. The van der Waals surface area contributed by atoms with E-state index in [4.69, 9.17) is 0 Å². The fourth-order valence-electron chi connectivity index (χ4n) is 3.49. The van der Waals surface area contributed by atoms with Gasteiger partial charge in [0.15, 0.2) is 0 Å². The summed E-state index contributed by atoms with van der Waals surface area (Å²) in [5.41, 5.74) is 0. The number of rotatable bonds is 4. The SMILES string of the molecule is Cc1cnc([C@H]2CCCN(CCN3CCCCC3)C2)s1. The average molecular weight is 293 g/mol. The molecule has 2 saturated heterocycles. The minimum Gasteiger partial charge on any atom is -0.302 e. The second kappa shape index (κ2) is 7.01. The summed E-state index contributed by atoms with van der Waals surface area (Å²) in [5.74, 6) is 0.684. The lowest BCUT2D eigenvalue weighted by molar-refractivity contribution is 0.157. The summed E-state index contributed by atoms with van der Waals surface area (Å²) < 4.78 is 0. The van der Waals surface area contributed by atoms with Crippen LogP contribution in [0, 0.1) is 6.92 Å². The van der Waals surface area contributed by atoms with Crippen molar-refractivity contribution in [2.24, 2.45) is 0 Å². The first-order valence-electron chi connectivity index (χ1n) is 8.18. The Labute approximate surface area is 127 Å². The topological polar surface area (TPSA) is 19.4 Å². The van der Waals surface area contributed by atoms with Crippen LogP contribution < -0.4 is 0 Å². The fraction of sp³-hybridized carbons (Fsp3) is 0.812. The quantitative estimate of drug-likeness (QED) is 0.850. The third kappa shape index (κ3) is 3.80. The first kappa shape index (κ1) is 14.5. The molecule has 3 nitrogen and oxygen atoms in total. The van der Waals surface area contributed by atoms with Crippen LogP contribution in [-0.4, -0.2) is 54.1 Å². The first-order chi connectivity index (χ1) is 9.81. The lowest BCUT2D eigenvalue weighted by atomic mass is 9.99. The molecule has 0 amide bonds. The Morgan fingerprint density at radius 1 is 1.10 bits per heavy atom. The molecule has 4 heteroatoms. The van der Waals surface area contributed by atoms with Gasteiger partial charge in [-0.2, -0.15) is 0 Å². The average Bonchev–Trinajstić information content (AvgIpc) is 2.93. The molecule has 3 rings (SSSR count). The highest BCUT2D eigenvalue weighted by Gasteiger charge is 2.23. The number of piperidine rings is 2. The van der Waals surface area contributed by atoms with Gasteiger partial charge in [-0.05, 0) is 52.2 Å². The Balaban J connectivity index is 1.47. The third-order valence-corrected chi connectivity index (χ3v) is 5.75. The van der Waals surface area contributed by atoms with E-state index in [9.17, 15) is 0 Å². The van der Waals surface area contributed by atoms with E-state index in [-0.39, 0.29) is 0 Å². The monoisotopic (exact) mass is 293 g/mol. The van der Waals surface area contributed by atoms with Crippen LogP contribution in [0.4, 0.5) is 0 Å². The van der Waals surface area contributed by atoms with Crippen molar-refractivity contribution in [2.75, 3.05) is 39.3 Å². The van der Waals surface area contributed by atoms with Gasteiger partial charge in [0.2, 0.25) is 0 Å². The Bertz CT molecular complexity index is 412. The first-order valence-corrected chi connectivity index (χ1v) is 9.00. The van der Waals surface area contributed by atoms with Crippen molar-refractivity contribution in [1.82, 2.24) is 14.8 Å². The zero-order valence-corrected chi connectivity index (χ0v) is 13.5. The molecule has 2 aliphatic heterocycles. The Kier molecular flexibility index (Phi) is 5.08. The van der Waals surface area contributed by atoms with E-state index in [1.165, 1.54) is 81.3 Å². The molecule has 1 aromatic heterocycles. The van der Waals surface area contributed by atoms with Crippen molar-refractivity contribution < 1.29 is 0 Å². The van der Waals surface area contributed by atoms with Crippen LogP contribution in [0.3, 0.4) is 0 Å². The molecule has 0 aliphatic carbocycles. The fourth-order valence-corrected chi connectivity index (χ4v) is 4.39. The van der Waals surface area contributed by atoms with E-state index in [2.05, 4.69) is 21.7 Å². The number of aromatic nitrogens is 1. The molecule has 0 radical (unpaired) electrons. The van der Waals surface area contributed by atoms with E-state index in [0.29, 0.717) is 5.92 Å². The van der Waals surface area contributed by atoms with Gasteiger partial charge in [-0.3, -0.25) is 0 Å². The molecule has 0 unspecified atom stereocenters. The molecule has 20 heavy (non-hydrogen) atoms. The van der Waals surface area contributed by atoms with Crippen LogP contribution in [0.2, 0.25) is 0 Å². The van der Waals surface area contributed by atoms with Gasteiger partial charge < -0.3 is 9.80 Å². The van der Waals surface area contributed by atoms with Crippen LogP contribution in [0.1, 0.15) is 47.9 Å². The van der Waals surface area contributed by atoms with Crippen molar-refractivity contribution >= 4 is 11.3 Å². The molecular formula is C16H27N3S. The molecule has 0 N–H and O–H groups in total. The van der Waals surface area contributed by atoms with E-state index < -0.39 is 0 Å². The number of hydrogen-bond donors (Lipinski definition) is 0. The second-order valence-electron chi connectivity index (χ2n) is 6.35. The second-order valence-corrected chi connectivity index (χ2v) is 7.62. The molecule has 1 aromatic rings. The van der Waals surface area contributed by atoms with Gasteiger partial charge in [0.1, 0.15) is 0 Å². The zero-order valence-electron chi connectivity index (χ0n) is 12.7. The third-order valence-electron chi connectivity index (χ3n) is 4.68. The molecule has 2 fully saturated rings. The maximum Gasteiger partial charge on any atom is 0.0971 e. The summed E-state index contributed by atoms with van der Waals surface area (Å²) in [6, 6.07) is 0. The predicted molar refractivity (Wildman–Crippen MR) is 85.6 cm³/mol. The van der Waals surface area contributed by atoms with Crippen LogP contribution in [0.25, 0.3) is 0 Å². The van der Waals surface area contributed by atoms with E-state index in [0.717, 1.165) is 0 Å². The summed E-state index contributed by atoms with van der Waals surface area (Å²) in [4.78, 5) is 11.3. The van der Waals surface area contributed by atoms with Crippen LogP contribution in [0.15, 0.2) is 6.20 Å². The Morgan fingerprint density at radius 3 is 2.60 bits per heavy atom. The zero-order chi connectivity index (χ0) is 13.8. The van der Waals surface area contributed by atoms with Crippen molar-refractivity contribution in [3.05, 3.63) is 16.1 Å². The van der Waals surface area contributed by atoms with Gasteiger partial charge in [0.05, 0.1) is 5.01 Å². The Morgan fingerprint density at radius 2 is 1.85 bits per heavy atom. The molecule has 2 aliphatic rings. The van der Waals surface area contributed by atoms with Gasteiger partial charge in [0.25, 0.3) is 0 Å². The number of likely N-dealkylation sites (tertiary alicyclic amines) is 2. The number of hydrogen-bond acceptors (Lipinski definition) is 4. The smallest absolute Gasteiger partial charge is 0.0971 e. The van der Waals surface area contributed by atoms with Crippen LogP contribution in [0.5, 0.6) is 0 Å². The van der Waals surface area contributed by atoms with E-state index >= 15 is 0 Å². The summed E-state index contributed by atoms with van der Waals surface area (Å²) >= 11 is 1.89. The summed E-state index contributed by atoms with van der Waals surface area (Å²) in [5, 5.41) is 1.37. The molecule has 0 saturated carbocycles. The standard InChI is InChI=1S/C16H27N3S/c1-14-12-17-16(20-14)15-6-5-9-19(13-15)11-10-18-7-3-2-4-8-18/h12,15H,2-11,13H2,1H3/t15-/m0/s1. The molecular weight excluding hydrogens is 266 g/mol. The maximum absolute atomic E-state index is 4.61. The molecule has 0 bridgehead atoms. The van der Waals surface area contributed by atoms with E-state index in [1.54, 1.807) is 0 Å².